The molecule has 0 bridgehead atoms. The molecule has 1 saturated heterocycles. The Hall–Kier alpha value is -1.77. The molecule has 3 rings (SSSR count). The van der Waals surface area contributed by atoms with Gasteiger partial charge < -0.3 is 19.9 Å². The van der Waals surface area contributed by atoms with E-state index in [-0.39, 0.29) is 0 Å². The Morgan fingerprint density at radius 2 is 2.08 bits per heavy atom. The summed E-state index contributed by atoms with van der Waals surface area (Å²) in [7, 11) is 3.85. The van der Waals surface area contributed by atoms with Crippen molar-refractivity contribution in [2.75, 3.05) is 57.2 Å². The van der Waals surface area contributed by atoms with Crippen molar-refractivity contribution in [1.82, 2.24) is 19.2 Å². The highest BCUT2D eigenvalue weighted by Gasteiger charge is 2.14. The fraction of sp³-hybridized carbons (Fsp3) is 0.562. The van der Waals surface area contributed by atoms with Gasteiger partial charge in [0.25, 0.3) is 0 Å². The van der Waals surface area contributed by atoms with E-state index >= 15 is 0 Å². The normalized spacial score (nSPS) is 15.7. The third-order valence-corrected chi connectivity index (χ3v) is 4.79. The zero-order valence-corrected chi connectivity index (χ0v) is 15.1. The lowest BCUT2D eigenvalue weighted by Gasteiger charge is -2.33. The molecule has 1 aliphatic rings. The number of hydrogen-bond acceptors (Lipinski definition) is 8. The molecule has 130 valence electrons. The summed E-state index contributed by atoms with van der Waals surface area (Å²) in [5.41, 5.74) is 1.14. The fourth-order valence-corrected chi connectivity index (χ4v) is 3.15. The summed E-state index contributed by atoms with van der Waals surface area (Å²) in [4.78, 5) is 13.7. The minimum Gasteiger partial charge on any atom is -0.384 e. The Morgan fingerprint density at radius 1 is 1.25 bits per heavy atom. The summed E-state index contributed by atoms with van der Waals surface area (Å²) >= 11 is 1.38. The van der Waals surface area contributed by atoms with Crippen LogP contribution in [0.15, 0.2) is 18.3 Å². The molecule has 8 heteroatoms. The van der Waals surface area contributed by atoms with E-state index < -0.39 is 0 Å². The molecule has 0 atom stereocenters. The van der Waals surface area contributed by atoms with Crippen LogP contribution in [0.3, 0.4) is 0 Å². The first-order chi connectivity index (χ1) is 11.7. The van der Waals surface area contributed by atoms with Crippen molar-refractivity contribution in [2.45, 2.75) is 13.0 Å². The van der Waals surface area contributed by atoms with E-state index in [4.69, 9.17) is 4.74 Å². The van der Waals surface area contributed by atoms with Crippen LogP contribution in [0.4, 0.5) is 10.9 Å². The molecule has 0 radical (unpaired) electrons. The number of aromatic nitrogens is 3. The van der Waals surface area contributed by atoms with Crippen LogP contribution in [-0.4, -0.2) is 66.2 Å². The van der Waals surface area contributed by atoms with Crippen LogP contribution in [0, 0.1) is 0 Å². The van der Waals surface area contributed by atoms with E-state index in [2.05, 4.69) is 48.6 Å². The third kappa shape index (κ3) is 4.62. The Labute approximate surface area is 146 Å². The van der Waals surface area contributed by atoms with Gasteiger partial charge in [-0.3, -0.25) is 0 Å². The molecular formula is C16H24N6OS. The maximum absolute atomic E-state index is 5.04. The lowest BCUT2D eigenvalue weighted by molar-refractivity contribution is 0.201. The van der Waals surface area contributed by atoms with Crippen molar-refractivity contribution < 1.29 is 4.74 Å². The molecule has 0 saturated carbocycles. The summed E-state index contributed by atoms with van der Waals surface area (Å²) in [5.74, 6) is 1.89. The lowest BCUT2D eigenvalue weighted by Crippen LogP contribution is -2.44. The Morgan fingerprint density at radius 3 is 2.79 bits per heavy atom. The van der Waals surface area contributed by atoms with Crippen LogP contribution < -0.4 is 10.2 Å². The molecule has 0 spiro atoms. The van der Waals surface area contributed by atoms with Crippen molar-refractivity contribution in [1.29, 1.82) is 0 Å². The molecule has 0 aromatic carbocycles. The van der Waals surface area contributed by atoms with Crippen molar-refractivity contribution in [3.05, 3.63) is 29.7 Å². The number of piperazine rings is 1. The van der Waals surface area contributed by atoms with Crippen molar-refractivity contribution in [3.8, 4) is 0 Å². The molecule has 3 heterocycles. The second-order valence-electron chi connectivity index (χ2n) is 5.93. The van der Waals surface area contributed by atoms with Gasteiger partial charge in [-0.2, -0.15) is 4.37 Å². The highest BCUT2D eigenvalue weighted by atomic mass is 32.1. The number of nitrogens with one attached hydrogen (secondary N) is 1. The summed E-state index contributed by atoms with van der Waals surface area (Å²) in [6.45, 7) is 5.61. The first-order valence-electron chi connectivity index (χ1n) is 8.18. The van der Waals surface area contributed by atoms with Gasteiger partial charge in [0.2, 0.25) is 5.13 Å². The van der Waals surface area contributed by atoms with Crippen LogP contribution in [0.1, 0.15) is 11.4 Å². The Bertz CT molecular complexity index is 624. The smallest absolute Gasteiger partial charge is 0.202 e. The standard InChI is InChI=1S/C16H24N6OS/c1-21-6-8-22(9-7-21)15-4-3-13(11-17-15)12-18-16-19-14(20-24-16)5-10-23-2/h3-4,11H,5-10,12H2,1-2H3,(H,18,19,20). The second-order valence-corrected chi connectivity index (χ2v) is 6.68. The minimum absolute atomic E-state index is 0.647. The van der Waals surface area contributed by atoms with E-state index in [1.165, 1.54) is 11.5 Å². The van der Waals surface area contributed by atoms with Gasteiger partial charge in [0.05, 0.1) is 6.61 Å². The summed E-state index contributed by atoms with van der Waals surface area (Å²) in [5, 5.41) is 4.14. The van der Waals surface area contributed by atoms with E-state index in [9.17, 15) is 0 Å². The van der Waals surface area contributed by atoms with Gasteiger partial charge in [0, 0.05) is 64.0 Å². The first-order valence-corrected chi connectivity index (χ1v) is 8.96. The monoisotopic (exact) mass is 348 g/mol. The molecule has 1 N–H and O–H groups in total. The number of ether oxygens (including phenoxy) is 1. The van der Waals surface area contributed by atoms with Crippen molar-refractivity contribution in [3.63, 3.8) is 0 Å². The van der Waals surface area contributed by atoms with Gasteiger partial charge >= 0.3 is 0 Å². The van der Waals surface area contributed by atoms with Crippen LogP contribution in [-0.2, 0) is 17.7 Å². The lowest BCUT2D eigenvalue weighted by atomic mass is 10.2. The van der Waals surface area contributed by atoms with E-state index in [0.717, 1.165) is 54.9 Å². The number of rotatable bonds is 7. The third-order valence-electron chi connectivity index (χ3n) is 4.08. The Kier molecular flexibility index (Phi) is 5.95. The highest BCUT2D eigenvalue weighted by molar-refractivity contribution is 7.09. The average Bonchev–Trinajstić information content (AvgIpc) is 3.07. The molecule has 1 fully saturated rings. The molecule has 2 aromatic heterocycles. The fourth-order valence-electron chi connectivity index (χ4n) is 2.54. The van der Waals surface area contributed by atoms with Crippen LogP contribution >= 0.6 is 11.5 Å². The summed E-state index contributed by atoms with van der Waals surface area (Å²) in [6, 6.07) is 4.23. The van der Waals surface area contributed by atoms with Gasteiger partial charge in [0.1, 0.15) is 11.6 Å². The maximum atomic E-state index is 5.04. The first kappa shape index (κ1) is 17.1. The summed E-state index contributed by atoms with van der Waals surface area (Å²) in [6.07, 6.45) is 2.68. The van der Waals surface area contributed by atoms with E-state index in [0.29, 0.717) is 13.2 Å². The molecule has 0 aliphatic carbocycles. The molecular weight excluding hydrogens is 324 g/mol. The second kappa shape index (κ2) is 8.36. The minimum atomic E-state index is 0.647. The number of pyridine rings is 1. The van der Waals surface area contributed by atoms with Crippen molar-refractivity contribution >= 4 is 22.5 Å². The average molecular weight is 348 g/mol. The maximum Gasteiger partial charge on any atom is 0.202 e. The van der Waals surface area contributed by atoms with E-state index in [1.807, 2.05) is 6.20 Å². The van der Waals surface area contributed by atoms with Gasteiger partial charge in [-0.1, -0.05) is 6.07 Å². The molecule has 0 unspecified atom stereocenters. The molecule has 7 nitrogen and oxygen atoms in total. The molecule has 1 aliphatic heterocycles. The molecule has 24 heavy (non-hydrogen) atoms. The highest BCUT2D eigenvalue weighted by Crippen LogP contribution is 2.16. The molecule has 2 aromatic rings. The number of nitrogens with zero attached hydrogens (tertiary/aromatic N) is 5. The SMILES string of the molecule is COCCc1nsc(NCc2ccc(N3CCN(C)CC3)nc2)n1. The van der Waals surface area contributed by atoms with Crippen molar-refractivity contribution in [2.24, 2.45) is 0 Å². The van der Waals surface area contributed by atoms with Crippen LogP contribution in [0.2, 0.25) is 0 Å². The van der Waals surface area contributed by atoms with Gasteiger partial charge in [-0.15, -0.1) is 0 Å². The summed E-state index contributed by atoms with van der Waals surface area (Å²) < 4.78 is 9.35. The predicted octanol–water partition coefficient (Wildman–Crippen LogP) is 1.49. The van der Waals surface area contributed by atoms with Gasteiger partial charge in [0.15, 0.2) is 0 Å². The van der Waals surface area contributed by atoms with E-state index in [1.54, 1.807) is 7.11 Å². The quantitative estimate of drug-likeness (QED) is 0.813. The van der Waals surface area contributed by atoms with Gasteiger partial charge in [-0.05, 0) is 18.7 Å². The number of anilines is 2. The zero-order valence-electron chi connectivity index (χ0n) is 14.2. The number of methoxy groups -OCH3 is 1. The number of hydrogen-bond donors (Lipinski definition) is 1. The van der Waals surface area contributed by atoms with Gasteiger partial charge in [-0.25, -0.2) is 9.97 Å². The Balaban J connectivity index is 1.50. The predicted molar refractivity (Wildman–Crippen MR) is 96.8 cm³/mol. The zero-order chi connectivity index (χ0) is 16.8. The van der Waals surface area contributed by atoms with Crippen LogP contribution in [0.25, 0.3) is 0 Å². The number of likely N-dealkylation sites (N-methyl/N-ethyl adjacent to an activating group) is 1. The topological polar surface area (TPSA) is 66.4 Å². The van der Waals surface area contributed by atoms with Crippen LogP contribution in [0.5, 0.6) is 0 Å². The molecule has 0 amide bonds. The largest absolute Gasteiger partial charge is 0.384 e.